The lowest BCUT2D eigenvalue weighted by molar-refractivity contribution is -0.151. The zero-order valence-electron chi connectivity index (χ0n) is 10.8. The maximum atomic E-state index is 12.2. The summed E-state index contributed by atoms with van der Waals surface area (Å²) in [6.45, 7) is 5.15. The molecule has 1 aliphatic heterocycles. The normalized spacial score (nSPS) is 23.5. The average Bonchev–Trinajstić information content (AvgIpc) is 2.73. The number of carbonyl (C=O) groups excluding carboxylic acids is 2. The van der Waals surface area contributed by atoms with Gasteiger partial charge in [-0.05, 0) is 18.8 Å². The van der Waals surface area contributed by atoms with Gasteiger partial charge in [0.15, 0.2) is 0 Å². The topological polar surface area (TPSA) is 55.8 Å². The number of hydrogen-bond acceptors (Lipinski definition) is 4. The maximum Gasteiger partial charge on any atom is 0.325 e. The summed E-state index contributed by atoms with van der Waals surface area (Å²) in [5.41, 5.74) is 0. The first kappa shape index (κ1) is 14.0. The smallest absolute Gasteiger partial charge is 0.325 e. The van der Waals surface area contributed by atoms with Gasteiger partial charge >= 0.3 is 5.97 Å². The molecule has 0 aliphatic carbocycles. The van der Waals surface area contributed by atoms with Crippen molar-refractivity contribution in [3.8, 4) is 0 Å². The molecule has 1 rings (SSSR count). The third-order valence-corrected chi connectivity index (χ3v) is 2.98. The minimum atomic E-state index is -0.397. The largest absolute Gasteiger partial charge is 0.468 e. The van der Waals surface area contributed by atoms with Crippen LogP contribution in [0.2, 0.25) is 0 Å². The Morgan fingerprint density at radius 1 is 1.47 bits per heavy atom. The summed E-state index contributed by atoms with van der Waals surface area (Å²) >= 11 is 0. The first-order chi connectivity index (χ1) is 8.10. The number of ether oxygens (including phenoxy) is 2. The van der Waals surface area contributed by atoms with E-state index in [2.05, 4.69) is 4.74 Å². The van der Waals surface area contributed by atoms with Gasteiger partial charge in [-0.2, -0.15) is 0 Å². The predicted octanol–water partition coefficient (Wildman–Crippen LogP) is 0.823. The van der Waals surface area contributed by atoms with Crippen LogP contribution in [0, 0.1) is 5.92 Å². The van der Waals surface area contributed by atoms with E-state index in [-0.39, 0.29) is 18.4 Å². The molecule has 0 aromatic carbocycles. The highest BCUT2D eigenvalue weighted by Crippen LogP contribution is 2.22. The SMILES string of the molecule is CCCN(CC(=O)OC)C(=O)C1OCCC1C. The number of carbonyl (C=O) groups is 2. The number of hydrogen-bond donors (Lipinski definition) is 0. The molecule has 17 heavy (non-hydrogen) atoms. The van der Waals surface area contributed by atoms with Gasteiger partial charge in [0.2, 0.25) is 0 Å². The van der Waals surface area contributed by atoms with Crippen molar-refractivity contribution in [3.63, 3.8) is 0 Å². The number of amides is 1. The van der Waals surface area contributed by atoms with E-state index in [1.54, 1.807) is 0 Å². The van der Waals surface area contributed by atoms with Crippen molar-refractivity contribution in [1.29, 1.82) is 0 Å². The van der Waals surface area contributed by atoms with Crippen molar-refractivity contribution in [1.82, 2.24) is 4.90 Å². The lowest BCUT2D eigenvalue weighted by atomic mass is 10.0. The molecule has 2 unspecified atom stereocenters. The van der Waals surface area contributed by atoms with Gasteiger partial charge in [0, 0.05) is 13.2 Å². The highest BCUT2D eigenvalue weighted by molar-refractivity contribution is 5.85. The first-order valence-corrected chi connectivity index (χ1v) is 6.07. The van der Waals surface area contributed by atoms with E-state index in [0.29, 0.717) is 13.2 Å². The molecule has 0 aromatic rings. The average molecular weight is 243 g/mol. The van der Waals surface area contributed by atoms with Gasteiger partial charge in [0.25, 0.3) is 5.91 Å². The number of methoxy groups -OCH3 is 1. The molecule has 1 fully saturated rings. The van der Waals surface area contributed by atoms with E-state index < -0.39 is 12.1 Å². The van der Waals surface area contributed by atoms with Crippen LogP contribution in [0.25, 0.3) is 0 Å². The standard InChI is InChI=1S/C12H21NO4/c1-4-6-13(8-10(14)16-3)12(15)11-9(2)5-7-17-11/h9,11H,4-8H2,1-3H3. The van der Waals surface area contributed by atoms with Crippen LogP contribution < -0.4 is 0 Å². The summed E-state index contributed by atoms with van der Waals surface area (Å²) in [4.78, 5) is 25.0. The minimum Gasteiger partial charge on any atom is -0.468 e. The van der Waals surface area contributed by atoms with Crippen LogP contribution in [-0.4, -0.2) is 49.7 Å². The molecule has 0 saturated carbocycles. The second kappa shape index (κ2) is 6.59. The highest BCUT2D eigenvalue weighted by Gasteiger charge is 2.34. The van der Waals surface area contributed by atoms with Gasteiger partial charge in [-0.15, -0.1) is 0 Å². The summed E-state index contributed by atoms with van der Waals surface area (Å²) in [6.07, 6.45) is 1.31. The van der Waals surface area contributed by atoms with Crippen molar-refractivity contribution < 1.29 is 19.1 Å². The molecule has 1 amide bonds. The Labute approximate surface area is 102 Å². The minimum absolute atomic E-state index is 0.00968. The zero-order valence-corrected chi connectivity index (χ0v) is 10.8. The Balaban J connectivity index is 2.62. The van der Waals surface area contributed by atoms with Gasteiger partial charge in [-0.1, -0.05) is 13.8 Å². The Kier molecular flexibility index (Phi) is 5.41. The molecule has 0 aromatic heterocycles. The summed E-state index contributed by atoms with van der Waals surface area (Å²) < 4.78 is 10.0. The molecule has 5 heteroatoms. The fourth-order valence-electron chi connectivity index (χ4n) is 1.95. The lowest BCUT2D eigenvalue weighted by Crippen LogP contribution is -2.44. The van der Waals surface area contributed by atoms with Crippen LogP contribution in [0.3, 0.4) is 0 Å². The van der Waals surface area contributed by atoms with Crippen molar-refractivity contribution in [2.24, 2.45) is 5.92 Å². The monoisotopic (exact) mass is 243 g/mol. The molecule has 0 N–H and O–H groups in total. The van der Waals surface area contributed by atoms with Crippen LogP contribution in [0.1, 0.15) is 26.7 Å². The molecule has 0 radical (unpaired) electrons. The van der Waals surface area contributed by atoms with Gasteiger partial charge in [-0.25, -0.2) is 0 Å². The fourth-order valence-corrected chi connectivity index (χ4v) is 1.95. The molecule has 5 nitrogen and oxygen atoms in total. The quantitative estimate of drug-likeness (QED) is 0.671. The first-order valence-electron chi connectivity index (χ1n) is 6.07. The lowest BCUT2D eigenvalue weighted by Gasteiger charge is -2.25. The van der Waals surface area contributed by atoms with Gasteiger partial charge < -0.3 is 14.4 Å². The van der Waals surface area contributed by atoms with Crippen LogP contribution in [0.5, 0.6) is 0 Å². The van der Waals surface area contributed by atoms with Crippen LogP contribution in [0.15, 0.2) is 0 Å². The van der Waals surface area contributed by atoms with Crippen molar-refractivity contribution in [2.45, 2.75) is 32.8 Å². The van der Waals surface area contributed by atoms with Crippen LogP contribution >= 0.6 is 0 Å². The zero-order chi connectivity index (χ0) is 12.8. The van der Waals surface area contributed by atoms with Crippen molar-refractivity contribution in [3.05, 3.63) is 0 Å². The van der Waals surface area contributed by atoms with Gasteiger partial charge in [0.1, 0.15) is 12.6 Å². The molecule has 1 aliphatic rings. The highest BCUT2D eigenvalue weighted by atomic mass is 16.5. The maximum absolute atomic E-state index is 12.2. The molecular weight excluding hydrogens is 222 g/mol. The van der Waals surface area contributed by atoms with E-state index in [4.69, 9.17) is 4.74 Å². The molecule has 1 heterocycles. The van der Waals surface area contributed by atoms with Crippen molar-refractivity contribution in [2.75, 3.05) is 26.8 Å². The van der Waals surface area contributed by atoms with E-state index in [0.717, 1.165) is 12.8 Å². The third-order valence-electron chi connectivity index (χ3n) is 2.98. The van der Waals surface area contributed by atoms with E-state index in [9.17, 15) is 9.59 Å². The van der Waals surface area contributed by atoms with Crippen molar-refractivity contribution >= 4 is 11.9 Å². The fraction of sp³-hybridized carbons (Fsp3) is 0.833. The number of rotatable bonds is 5. The summed E-state index contributed by atoms with van der Waals surface area (Å²) in [5.74, 6) is -0.265. The van der Waals surface area contributed by atoms with Crippen LogP contribution in [-0.2, 0) is 19.1 Å². The Bertz CT molecular complexity index is 280. The van der Waals surface area contributed by atoms with E-state index in [1.165, 1.54) is 12.0 Å². The van der Waals surface area contributed by atoms with E-state index in [1.807, 2.05) is 13.8 Å². The molecular formula is C12H21NO4. The summed E-state index contributed by atoms with van der Waals surface area (Å²) in [5, 5.41) is 0. The molecule has 0 bridgehead atoms. The molecule has 98 valence electrons. The molecule has 2 atom stereocenters. The summed E-state index contributed by atoms with van der Waals surface area (Å²) in [7, 11) is 1.33. The van der Waals surface area contributed by atoms with Gasteiger partial charge in [0.05, 0.1) is 7.11 Å². The Hall–Kier alpha value is -1.10. The van der Waals surface area contributed by atoms with E-state index >= 15 is 0 Å². The predicted molar refractivity (Wildman–Crippen MR) is 62.4 cm³/mol. The third kappa shape index (κ3) is 3.70. The molecule has 0 spiro atoms. The second-order valence-electron chi connectivity index (χ2n) is 4.39. The number of esters is 1. The Morgan fingerprint density at radius 3 is 2.65 bits per heavy atom. The number of nitrogens with zero attached hydrogens (tertiary/aromatic N) is 1. The summed E-state index contributed by atoms with van der Waals surface area (Å²) in [6, 6.07) is 0. The van der Waals surface area contributed by atoms with Gasteiger partial charge in [-0.3, -0.25) is 9.59 Å². The molecule has 1 saturated heterocycles. The second-order valence-corrected chi connectivity index (χ2v) is 4.39. The van der Waals surface area contributed by atoms with Crippen LogP contribution in [0.4, 0.5) is 0 Å². The Morgan fingerprint density at radius 2 is 2.18 bits per heavy atom.